The first-order chi connectivity index (χ1) is 4.33. The molecular formula is C7H16N2. The molecule has 0 fully saturated rings. The van der Waals surface area contributed by atoms with E-state index in [9.17, 15) is 0 Å². The Balaban J connectivity index is 0. The van der Waals surface area contributed by atoms with E-state index in [-0.39, 0.29) is 0 Å². The molecule has 0 atom stereocenters. The molecule has 0 aromatic carbocycles. The van der Waals surface area contributed by atoms with Gasteiger partial charge in [0.25, 0.3) is 0 Å². The molecule has 9 heavy (non-hydrogen) atoms. The largest absolute Gasteiger partial charge is 0.323 e. The van der Waals surface area contributed by atoms with Crippen molar-refractivity contribution in [2.75, 3.05) is 21.1 Å². The van der Waals surface area contributed by atoms with Crippen LogP contribution in [0.15, 0.2) is 17.1 Å². The summed E-state index contributed by atoms with van der Waals surface area (Å²) in [7, 11) is 5.50. The molecule has 0 aliphatic rings. The average Bonchev–Trinajstić information content (AvgIpc) is 1.86. The molecule has 2 nitrogen and oxygen atoms in total. The smallest absolute Gasteiger partial charge is 0.0277 e. The summed E-state index contributed by atoms with van der Waals surface area (Å²) in [5.41, 5.74) is 0. The molecule has 0 saturated carbocycles. The summed E-state index contributed by atoms with van der Waals surface area (Å²) in [5, 5.41) is 2.75. The quantitative estimate of drug-likeness (QED) is 0.525. The Morgan fingerprint density at radius 2 is 1.78 bits per heavy atom. The molecule has 0 saturated heterocycles. The number of allylic oxidation sites excluding steroid dienone is 2. The fraction of sp³-hybridized carbons (Fsp3) is 0.571. The van der Waals surface area contributed by atoms with Crippen molar-refractivity contribution in [3.63, 3.8) is 0 Å². The maximum absolute atomic E-state index is 3.71. The SMILES string of the molecule is C/C=C\C=NC.CNC. The predicted molar refractivity (Wildman–Crippen MR) is 44.2 cm³/mol. The van der Waals surface area contributed by atoms with Gasteiger partial charge in [-0.3, -0.25) is 4.99 Å². The standard InChI is InChI=1S/C5H9N.C2H7N/c1-3-4-5-6-2;1-3-2/h3-5H,1-2H3;3H,1-2H3/b4-3-,6-5?;. The highest BCUT2D eigenvalue weighted by atomic mass is 14.7. The highest BCUT2D eigenvalue weighted by molar-refractivity contribution is 5.70. The Bertz CT molecular complexity index is 65.0. The first kappa shape index (κ1) is 11.2. The summed E-state index contributed by atoms with van der Waals surface area (Å²) >= 11 is 0. The number of rotatable bonds is 1. The van der Waals surface area contributed by atoms with Crippen molar-refractivity contribution in [1.82, 2.24) is 5.32 Å². The molecule has 2 heteroatoms. The monoisotopic (exact) mass is 128 g/mol. The zero-order valence-electron chi connectivity index (χ0n) is 6.68. The second kappa shape index (κ2) is 15.7. The van der Waals surface area contributed by atoms with Crippen LogP contribution >= 0.6 is 0 Å². The van der Waals surface area contributed by atoms with Gasteiger partial charge in [0.2, 0.25) is 0 Å². The van der Waals surface area contributed by atoms with Gasteiger partial charge in [-0.2, -0.15) is 0 Å². The van der Waals surface area contributed by atoms with Crippen molar-refractivity contribution in [2.24, 2.45) is 4.99 Å². The van der Waals surface area contributed by atoms with Crippen LogP contribution in [0.4, 0.5) is 0 Å². The Labute approximate surface area is 57.7 Å². The lowest BCUT2D eigenvalue weighted by atomic mass is 10.6. The molecule has 0 aliphatic carbocycles. The van der Waals surface area contributed by atoms with Gasteiger partial charge in [0.05, 0.1) is 0 Å². The molecule has 0 radical (unpaired) electrons. The van der Waals surface area contributed by atoms with E-state index in [2.05, 4.69) is 10.3 Å². The van der Waals surface area contributed by atoms with E-state index < -0.39 is 0 Å². The summed E-state index contributed by atoms with van der Waals surface area (Å²) in [6, 6.07) is 0. The third-order valence-electron chi connectivity index (χ3n) is 0.428. The van der Waals surface area contributed by atoms with Gasteiger partial charge < -0.3 is 5.32 Å². The third kappa shape index (κ3) is 37.8. The van der Waals surface area contributed by atoms with E-state index in [1.807, 2.05) is 33.2 Å². The van der Waals surface area contributed by atoms with Gasteiger partial charge >= 0.3 is 0 Å². The van der Waals surface area contributed by atoms with E-state index in [4.69, 9.17) is 0 Å². The van der Waals surface area contributed by atoms with E-state index in [0.29, 0.717) is 0 Å². The Morgan fingerprint density at radius 1 is 1.33 bits per heavy atom. The maximum atomic E-state index is 3.71. The molecule has 0 aromatic rings. The highest BCUT2D eigenvalue weighted by Crippen LogP contribution is 1.60. The van der Waals surface area contributed by atoms with Crippen LogP contribution in [0.5, 0.6) is 0 Å². The summed E-state index contributed by atoms with van der Waals surface area (Å²) in [5.74, 6) is 0. The summed E-state index contributed by atoms with van der Waals surface area (Å²) < 4.78 is 0. The molecule has 0 unspecified atom stereocenters. The molecule has 1 N–H and O–H groups in total. The third-order valence-corrected chi connectivity index (χ3v) is 0.428. The zero-order valence-corrected chi connectivity index (χ0v) is 6.68. The lowest BCUT2D eigenvalue weighted by Crippen LogP contribution is -1.89. The van der Waals surface area contributed by atoms with Gasteiger partial charge in [0.15, 0.2) is 0 Å². The van der Waals surface area contributed by atoms with Crippen LogP contribution in [0, 0.1) is 0 Å². The topological polar surface area (TPSA) is 24.4 Å². The van der Waals surface area contributed by atoms with Crippen LogP contribution < -0.4 is 5.32 Å². The number of nitrogens with zero attached hydrogens (tertiary/aromatic N) is 1. The Morgan fingerprint density at radius 3 is 1.89 bits per heavy atom. The van der Waals surface area contributed by atoms with Gasteiger partial charge in [-0.25, -0.2) is 0 Å². The minimum atomic E-state index is 1.75. The first-order valence-corrected chi connectivity index (χ1v) is 2.95. The van der Waals surface area contributed by atoms with Gasteiger partial charge in [0.1, 0.15) is 0 Å². The molecule has 0 rings (SSSR count). The van der Waals surface area contributed by atoms with E-state index in [0.717, 1.165) is 0 Å². The number of hydrogen-bond donors (Lipinski definition) is 1. The first-order valence-electron chi connectivity index (χ1n) is 2.95. The lowest BCUT2D eigenvalue weighted by molar-refractivity contribution is 1.02. The molecule has 0 bridgehead atoms. The number of nitrogens with one attached hydrogen (secondary N) is 1. The van der Waals surface area contributed by atoms with Gasteiger partial charge in [-0.05, 0) is 27.1 Å². The van der Waals surface area contributed by atoms with Crippen LogP contribution in [-0.2, 0) is 0 Å². The van der Waals surface area contributed by atoms with E-state index >= 15 is 0 Å². The number of aliphatic imine (C=N–C) groups is 1. The van der Waals surface area contributed by atoms with Crippen molar-refractivity contribution >= 4 is 6.21 Å². The van der Waals surface area contributed by atoms with Crippen molar-refractivity contribution in [3.8, 4) is 0 Å². The summed E-state index contributed by atoms with van der Waals surface area (Å²) in [6.07, 6.45) is 5.58. The van der Waals surface area contributed by atoms with Crippen LogP contribution in [0.25, 0.3) is 0 Å². The van der Waals surface area contributed by atoms with Gasteiger partial charge in [-0.1, -0.05) is 6.08 Å². The summed E-state index contributed by atoms with van der Waals surface area (Å²) in [6.45, 7) is 1.96. The minimum Gasteiger partial charge on any atom is -0.323 e. The maximum Gasteiger partial charge on any atom is 0.0277 e. The van der Waals surface area contributed by atoms with Crippen LogP contribution in [-0.4, -0.2) is 27.4 Å². The Kier molecular flexibility index (Phi) is 19.5. The minimum absolute atomic E-state index is 1.75. The van der Waals surface area contributed by atoms with Crippen molar-refractivity contribution in [3.05, 3.63) is 12.2 Å². The van der Waals surface area contributed by atoms with Crippen LogP contribution in [0.3, 0.4) is 0 Å². The van der Waals surface area contributed by atoms with Crippen molar-refractivity contribution in [1.29, 1.82) is 0 Å². The molecule has 0 aromatic heterocycles. The van der Waals surface area contributed by atoms with Crippen molar-refractivity contribution < 1.29 is 0 Å². The fourth-order valence-corrected chi connectivity index (χ4v) is 0.172. The molecule has 0 spiro atoms. The van der Waals surface area contributed by atoms with Crippen LogP contribution in [0.1, 0.15) is 6.92 Å². The van der Waals surface area contributed by atoms with Crippen LogP contribution in [0.2, 0.25) is 0 Å². The number of hydrogen-bond acceptors (Lipinski definition) is 2. The Hall–Kier alpha value is -0.630. The molecule has 0 amide bonds. The predicted octanol–water partition coefficient (Wildman–Crippen LogP) is 1.10. The average molecular weight is 128 g/mol. The normalized spacial score (nSPS) is 9.78. The van der Waals surface area contributed by atoms with Gasteiger partial charge in [0, 0.05) is 13.3 Å². The highest BCUT2D eigenvalue weighted by Gasteiger charge is 1.49. The molecular weight excluding hydrogens is 112 g/mol. The fourth-order valence-electron chi connectivity index (χ4n) is 0.172. The van der Waals surface area contributed by atoms with Crippen molar-refractivity contribution in [2.45, 2.75) is 6.92 Å². The molecule has 0 aliphatic heterocycles. The van der Waals surface area contributed by atoms with E-state index in [1.54, 1.807) is 13.3 Å². The molecule has 54 valence electrons. The molecule has 0 heterocycles. The van der Waals surface area contributed by atoms with E-state index in [1.165, 1.54) is 0 Å². The summed E-state index contributed by atoms with van der Waals surface area (Å²) in [4.78, 5) is 3.71. The zero-order chi connectivity index (χ0) is 7.54. The second-order valence-corrected chi connectivity index (χ2v) is 1.43. The lowest BCUT2D eigenvalue weighted by Gasteiger charge is -1.63. The second-order valence-electron chi connectivity index (χ2n) is 1.43. The van der Waals surface area contributed by atoms with Gasteiger partial charge in [-0.15, -0.1) is 0 Å².